The molecule has 30 heavy (non-hydrogen) atoms. The minimum atomic E-state index is -0.845. The van der Waals surface area contributed by atoms with Crippen LogP contribution in [0.2, 0.25) is 10.0 Å². The van der Waals surface area contributed by atoms with E-state index in [9.17, 15) is 9.59 Å². The standard InChI is InChI=1S/C22H17Cl2N3O3/c23-17-8-4-7-15(20(17)24)18-10-9-14(30-18)11-26-27-22(29)19-16(12-25-21(19)28)13-5-2-1-3-6-13/h1-11,16,19H,12H2,(H,25,28)(H,27,29)/t16-,19+/m0/s1. The third kappa shape index (κ3) is 4.10. The van der Waals surface area contributed by atoms with E-state index in [1.807, 2.05) is 30.3 Å². The van der Waals surface area contributed by atoms with Crippen LogP contribution in [0, 0.1) is 5.92 Å². The van der Waals surface area contributed by atoms with Crippen LogP contribution < -0.4 is 10.7 Å². The van der Waals surface area contributed by atoms with Crippen molar-refractivity contribution < 1.29 is 14.0 Å². The normalized spacial score (nSPS) is 18.5. The van der Waals surface area contributed by atoms with Gasteiger partial charge in [-0.25, -0.2) is 5.43 Å². The number of rotatable bonds is 5. The molecule has 4 rings (SSSR count). The average molecular weight is 442 g/mol. The van der Waals surface area contributed by atoms with Crippen LogP contribution in [0.1, 0.15) is 17.2 Å². The van der Waals surface area contributed by atoms with E-state index in [1.54, 1.807) is 30.3 Å². The predicted octanol–water partition coefficient (Wildman–Crippen LogP) is 4.23. The highest BCUT2D eigenvalue weighted by Gasteiger charge is 2.40. The number of amides is 2. The van der Waals surface area contributed by atoms with E-state index >= 15 is 0 Å². The van der Waals surface area contributed by atoms with Crippen LogP contribution in [0.25, 0.3) is 11.3 Å². The molecule has 1 aromatic heterocycles. The molecule has 0 unspecified atom stereocenters. The molecular weight excluding hydrogens is 425 g/mol. The van der Waals surface area contributed by atoms with Crippen molar-refractivity contribution >= 4 is 41.2 Å². The van der Waals surface area contributed by atoms with E-state index in [4.69, 9.17) is 27.6 Å². The first kappa shape index (κ1) is 20.2. The summed E-state index contributed by atoms with van der Waals surface area (Å²) in [6.07, 6.45) is 1.37. The predicted molar refractivity (Wildman–Crippen MR) is 116 cm³/mol. The molecule has 2 atom stereocenters. The zero-order valence-corrected chi connectivity index (χ0v) is 17.2. The minimum Gasteiger partial charge on any atom is -0.455 e. The van der Waals surface area contributed by atoms with Gasteiger partial charge in [0, 0.05) is 18.0 Å². The second-order valence-corrected chi connectivity index (χ2v) is 7.56. The Balaban J connectivity index is 1.44. The number of nitrogens with zero attached hydrogens (tertiary/aromatic N) is 1. The van der Waals surface area contributed by atoms with Crippen molar-refractivity contribution in [2.75, 3.05) is 6.54 Å². The molecule has 1 saturated heterocycles. The van der Waals surface area contributed by atoms with Gasteiger partial charge in [-0.3, -0.25) is 9.59 Å². The summed E-state index contributed by atoms with van der Waals surface area (Å²) in [5.74, 6) is -0.935. The van der Waals surface area contributed by atoms with Gasteiger partial charge in [-0.05, 0) is 29.8 Å². The van der Waals surface area contributed by atoms with Crippen LogP contribution >= 0.6 is 23.2 Å². The van der Waals surface area contributed by atoms with E-state index in [0.717, 1.165) is 5.56 Å². The van der Waals surface area contributed by atoms with Crippen molar-refractivity contribution in [2.45, 2.75) is 5.92 Å². The summed E-state index contributed by atoms with van der Waals surface area (Å²) in [6, 6.07) is 18.1. The zero-order chi connectivity index (χ0) is 21.1. The summed E-state index contributed by atoms with van der Waals surface area (Å²) in [6.45, 7) is 0.409. The van der Waals surface area contributed by atoms with Gasteiger partial charge in [-0.2, -0.15) is 5.10 Å². The van der Waals surface area contributed by atoms with Crippen molar-refractivity contribution in [2.24, 2.45) is 11.0 Å². The van der Waals surface area contributed by atoms with Gasteiger partial charge >= 0.3 is 0 Å². The summed E-state index contributed by atoms with van der Waals surface area (Å²) in [5, 5.41) is 7.50. The topological polar surface area (TPSA) is 83.7 Å². The van der Waals surface area contributed by atoms with Crippen LogP contribution in [0.15, 0.2) is 70.2 Å². The molecule has 8 heteroatoms. The largest absolute Gasteiger partial charge is 0.455 e. The van der Waals surface area contributed by atoms with Crippen LogP contribution in [0.3, 0.4) is 0 Å². The highest BCUT2D eigenvalue weighted by Crippen LogP contribution is 2.34. The molecule has 0 saturated carbocycles. The molecule has 152 valence electrons. The molecule has 2 amide bonds. The van der Waals surface area contributed by atoms with Gasteiger partial charge in [-0.1, -0.05) is 59.6 Å². The summed E-state index contributed by atoms with van der Waals surface area (Å²) in [5.41, 5.74) is 4.01. The lowest BCUT2D eigenvalue weighted by Crippen LogP contribution is -2.34. The van der Waals surface area contributed by atoms with Crippen LogP contribution in [-0.4, -0.2) is 24.6 Å². The molecule has 2 heterocycles. The monoisotopic (exact) mass is 441 g/mol. The third-order valence-corrected chi connectivity index (χ3v) is 5.72. The van der Waals surface area contributed by atoms with Crippen molar-refractivity contribution in [1.82, 2.24) is 10.7 Å². The summed E-state index contributed by atoms with van der Waals surface area (Å²) in [7, 11) is 0. The Bertz CT molecular complexity index is 1110. The minimum absolute atomic E-state index is 0.242. The SMILES string of the molecule is O=C1NC[C@@H](c2ccccc2)[C@H]1C(=O)NN=Cc1ccc(-c2cccc(Cl)c2Cl)o1. The van der Waals surface area contributed by atoms with Gasteiger partial charge in [0.25, 0.3) is 5.91 Å². The molecule has 6 nitrogen and oxygen atoms in total. The lowest BCUT2D eigenvalue weighted by Gasteiger charge is -2.15. The smallest absolute Gasteiger partial charge is 0.253 e. The van der Waals surface area contributed by atoms with Gasteiger partial charge in [-0.15, -0.1) is 0 Å². The zero-order valence-electron chi connectivity index (χ0n) is 15.6. The fourth-order valence-corrected chi connectivity index (χ4v) is 3.82. The maximum absolute atomic E-state index is 12.6. The lowest BCUT2D eigenvalue weighted by molar-refractivity contribution is -0.133. The number of halogens is 2. The van der Waals surface area contributed by atoms with Crippen LogP contribution in [0.4, 0.5) is 0 Å². The fraction of sp³-hybridized carbons (Fsp3) is 0.136. The number of carbonyl (C=O) groups is 2. The Morgan fingerprint density at radius 1 is 1.10 bits per heavy atom. The Labute approximate surface area is 182 Å². The highest BCUT2D eigenvalue weighted by molar-refractivity contribution is 6.43. The lowest BCUT2D eigenvalue weighted by atomic mass is 9.88. The molecule has 1 aliphatic rings. The maximum Gasteiger partial charge on any atom is 0.253 e. The number of hydrogen-bond acceptors (Lipinski definition) is 4. The molecular formula is C22H17Cl2N3O3. The summed E-state index contributed by atoms with van der Waals surface area (Å²) < 4.78 is 5.70. The first-order valence-corrected chi connectivity index (χ1v) is 10.00. The average Bonchev–Trinajstić information content (AvgIpc) is 3.37. The second-order valence-electron chi connectivity index (χ2n) is 6.78. The Hall–Kier alpha value is -3.09. The van der Waals surface area contributed by atoms with E-state index in [-0.39, 0.29) is 11.8 Å². The van der Waals surface area contributed by atoms with Gasteiger partial charge in [0.05, 0.1) is 16.3 Å². The Kier molecular flexibility index (Phi) is 5.88. The summed E-state index contributed by atoms with van der Waals surface area (Å²) >= 11 is 12.3. The van der Waals surface area contributed by atoms with Crippen LogP contribution in [-0.2, 0) is 9.59 Å². The van der Waals surface area contributed by atoms with Gasteiger partial charge in [0.2, 0.25) is 5.91 Å². The highest BCUT2D eigenvalue weighted by atomic mass is 35.5. The number of furan rings is 1. The van der Waals surface area contributed by atoms with Crippen molar-refractivity contribution in [3.8, 4) is 11.3 Å². The quantitative estimate of drug-likeness (QED) is 0.352. The second kappa shape index (κ2) is 8.73. The molecule has 2 N–H and O–H groups in total. The fourth-order valence-electron chi connectivity index (χ4n) is 3.42. The number of benzene rings is 2. The van der Waals surface area contributed by atoms with Crippen molar-refractivity contribution in [3.63, 3.8) is 0 Å². The van der Waals surface area contributed by atoms with E-state index in [2.05, 4.69) is 15.8 Å². The van der Waals surface area contributed by atoms with Crippen molar-refractivity contribution in [1.29, 1.82) is 0 Å². The number of hydrazone groups is 1. The van der Waals surface area contributed by atoms with Crippen molar-refractivity contribution in [3.05, 3.63) is 82.0 Å². The first-order valence-electron chi connectivity index (χ1n) is 9.24. The number of hydrogen-bond donors (Lipinski definition) is 2. The number of carbonyl (C=O) groups excluding carboxylic acids is 2. The molecule has 0 aliphatic carbocycles. The molecule has 3 aromatic rings. The Morgan fingerprint density at radius 3 is 2.70 bits per heavy atom. The molecule has 0 spiro atoms. The number of nitrogens with one attached hydrogen (secondary N) is 2. The molecule has 1 fully saturated rings. The van der Waals surface area contributed by atoms with Gasteiger partial charge < -0.3 is 9.73 Å². The maximum atomic E-state index is 12.6. The van der Waals surface area contributed by atoms with Crippen LogP contribution in [0.5, 0.6) is 0 Å². The van der Waals surface area contributed by atoms with E-state index in [0.29, 0.717) is 33.7 Å². The third-order valence-electron chi connectivity index (χ3n) is 4.90. The molecule has 0 bridgehead atoms. The molecule has 0 radical (unpaired) electrons. The van der Waals surface area contributed by atoms with Gasteiger partial charge in [0.15, 0.2) is 0 Å². The molecule has 2 aromatic carbocycles. The first-order chi connectivity index (χ1) is 14.5. The Morgan fingerprint density at radius 2 is 1.90 bits per heavy atom. The summed E-state index contributed by atoms with van der Waals surface area (Å²) in [4.78, 5) is 24.8. The molecule has 1 aliphatic heterocycles. The van der Waals surface area contributed by atoms with E-state index < -0.39 is 11.8 Å². The van der Waals surface area contributed by atoms with E-state index in [1.165, 1.54) is 6.21 Å². The van der Waals surface area contributed by atoms with Gasteiger partial charge in [0.1, 0.15) is 17.4 Å².